The molecule has 6 heteroatoms. The highest BCUT2D eigenvalue weighted by molar-refractivity contribution is 6.05. The zero-order valence-electron chi connectivity index (χ0n) is 19.3. The largest absolute Gasteiger partial charge is 0.357 e. The number of carbonyl (C=O) groups is 1. The van der Waals surface area contributed by atoms with E-state index in [0.717, 1.165) is 88.2 Å². The fourth-order valence-electron chi connectivity index (χ4n) is 5.48. The van der Waals surface area contributed by atoms with Gasteiger partial charge in [0.25, 0.3) is 0 Å². The highest BCUT2D eigenvalue weighted by atomic mass is 16.1. The fraction of sp³-hybridized carbons (Fsp3) is 0.654. The minimum absolute atomic E-state index is 0.198. The second-order valence-corrected chi connectivity index (χ2v) is 9.85. The van der Waals surface area contributed by atoms with Gasteiger partial charge in [0.05, 0.1) is 5.39 Å². The number of aromatic nitrogens is 3. The topological polar surface area (TPSA) is 54.3 Å². The number of aryl methyl sites for hydroxylation is 1. The normalized spacial score (nSPS) is 26.9. The highest BCUT2D eigenvalue weighted by Crippen LogP contribution is 2.27. The summed E-state index contributed by atoms with van der Waals surface area (Å²) in [6, 6.07) is 4.22. The van der Waals surface area contributed by atoms with Gasteiger partial charge in [0.15, 0.2) is 11.4 Å². The first-order chi connectivity index (χ1) is 15.8. The predicted molar refractivity (Wildman–Crippen MR) is 129 cm³/mol. The Hall–Kier alpha value is -2.21. The predicted octanol–water partition coefficient (Wildman–Crippen LogP) is 4.84. The van der Waals surface area contributed by atoms with Gasteiger partial charge in [-0.3, -0.25) is 9.69 Å². The lowest BCUT2D eigenvalue weighted by Crippen LogP contribution is -2.34. The number of anilines is 1. The van der Waals surface area contributed by atoms with E-state index in [-0.39, 0.29) is 5.78 Å². The van der Waals surface area contributed by atoms with Crippen molar-refractivity contribution in [1.29, 1.82) is 0 Å². The maximum Gasteiger partial charge on any atom is 0.184 e. The third-order valence-corrected chi connectivity index (χ3v) is 7.48. The molecule has 2 saturated heterocycles. The van der Waals surface area contributed by atoms with Gasteiger partial charge in [-0.05, 0) is 76.1 Å². The summed E-state index contributed by atoms with van der Waals surface area (Å²) >= 11 is 0. The molecule has 0 N–H and O–H groups in total. The SMILES string of the molecule is O=C1CC2CCN(C/C=C\CCCCn3nc1c1ccc(N4CCCCCC4)nc13)CC2. The zero-order valence-corrected chi connectivity index (χ0v) is 19.3. The van der Waals surface area contributed by atoms with E-state index < -0.39 is 0 Å². The molecule has 172 valence electrons. The van der Waals surface area contributed by atoms with Gasteiger partial charge in [0.2, 0.25) is 0 Å². The minimum atomic E-state index is 0.198. The number of pyridine rings is 1. The van der Waals surface area contributed by atoms with Crippen LogP contribution in [0.4, 0.5) is 5.82 Å². The second kappa shape index (κ2) is 10.2. The van der Waals surface area contributed by atoms with Crippen molar-refractivity contribution in [2.75, 3.05) is 37.6 Å². The van der Waals surface area contributed by atoms with Crippen LogP contribution < -0.4 is 4.90 Å². The van der Waals surface area contributed by atoms with Gasteiger partial charge in [-0.15, -0.1) is 0 Å². The first-order valence-electron chi connectivity index (χ1n) is 12.8. The van der Waals surface area contributed by atoms with Gasteiger partial charge in [-0.2, -0.15) is 5.10 Å². The number of fused-ring (bicyclic) bond motifs is 9. The Morgan fingerprint density at radius 1 is 0.844 bits per heavy atom. The van der Waals surface area contributed by atoms with E-state index in [1.807, 2.05) is 4.68 Å². The van der Waals surface area contributed by atoms with Crippen LogP contribution in [0.2, 0.25) is 0 Å². The van der Waals surface area contributed by atoms with Crippen molar-refractivity contribution in [3.63, 3.8) is 0 Å². The molecule has 0 amide bonds. The van der Waals surface area contributed by atoms with Crippen LogP contribution >= 0.6 is 0 Å². The molecule has 0 spiro atoms. The van der Waals surface area contributed by atoms with Gasteiger partial charge in [0, 0.05) is 32.6 Å². The lowest BCUT2D eigenvalue weighted by molar-refractivity contribution is 0.0928. The Morgan fingerprint density at radius 3 is 2.44 bits per heavy atom. The summed E-state index contributed by atoms with van der Waals surface area (Å²) in [4.78, 5) is 23.3. The van der Waals surface area contributed by atoms with Gasteiger partial charge in [-0.25, -0.2) is 9.67 Å². The molecule has 32 heavy (non-hydrogen) atoms. The number of allylic oxidation sites excluding steroid dienone is 1. The summed E-state index contributed by atoms with van der Waals surface area (Å²) in [5.41, 5.74) is 1.54. The van der Waals surface area contributed by atoms with E-state index in [4.69, 9.17) is 10.1 Å². The van der Waals surface area contributed by atoms with Gasteiger partial charge in [-0.1, -0.05) is 25.0 Å². The van der Waals surface area contributed by atoms with Crippen LogP contribution in [-0.2, 0) is 6.54 Å². The van der Waals surface area contributed by atoms with E-state index in [1.165, 1.54) is 25.7 Å². The second-order valence-electron chi connectivity index (χ2n) is 9.85. The molecule has 0 saturated carbocycles. The van der Waals surface area contributed by atoms with E-state index >= 15 is 0 Å². The lowest BCUT2D eigenvalue weighted by Gasteiger charge is -2.30. The Bertz CT molecular complexity index is 949. The van der Waals surface area contributed by atoms with Crippen LogP contribution in [0.15, 0.2) is 24.3 Å². The summed E-state index contributed by atoms with van der Waals surface area (Å²) < 4.78 is 2.02. The number of ketones is 1. The first-order valence-corrected chi connectivity index (χ1v) is 12.8. The molecular formula is C26H37N5O. The first kappa shape index (κ1) is 21.6. The summed E-state index contributed by atoms with van der Waals surface area (Å²) in [5.74, 6) is 1.71. The number of piperidine rings is 1. The molecular weight excluding hydrogens is 398 g/mol. The Kier molecular flexibility index (Phi) is 6.86. The summed E-state index contributed by atoms with van der Waals surface area (Å²) in [6.45, 7) is 6.21. The molecule has 6 heterocycles. The lowest BCUT2D eigenvalue weighted by atomic mass is 9.90. The third kappa shape index (κ3) is 4.90. The standard InChI is InChI=1S/C26H37N5O/c32-23-20-21-12-18-29(19-13-21)14-6-2-1-3-9-17-31-26-22(25(23)28-31)10-11-24(27-26)30-15-7-4-5-8-16-30/h2,6,10-11,21H,1,3-5,7-9,12-20H2/b6-2-. The van der Waals surface area contributed by atoms with Gasteiger partial charge < -0.3 is 4.90 Å². The van der Waals surface area contributed by atoms with E-state index in [9.17, 15) is 4.79 Å². The quantitative estimate of drug-likeness (QED) is 0.600. The van der Waals surface area contributed by atoms with Crippen molar-refractivity contribution in [3.8, 4) is 0 Å². The number of hydrogen-bond acceptors (Lipinski definition) is 5. The van der Waals surface area contributed by atoms with E-state index in [1.54, 1.807) is 0 Å². The Labute approximate surface area is 191 Å². The molecule has 0 aromatic carbocycles. The summed E-state index contributed by atoms with van der Waals surface area (Å²) in [5, 5.41) is 5.78. The molecule has 0 atom stereocenters. The van der Waals surface area contributed by atoms with Crippen molar-refractivity contribution in [2.24, 2.45) is 5.92 Å². The molecule has 2 aromatic heterocycles. The molecule has 6 nitrogen and oxygen atoms in total. The Balaban J connectivity index is 1.45. The van der Waals surface area contributed by atoms with Crippen LogP contribution in [0.1, 0.15) is 74.7 Å². The number of Topliss-reactive ketones (excluding diaryl/α,β-unsaturated/α-hetero) is 1. The molecule has 2 fully saturated rings. The van der Waals surface area contributed by atoms with Crippen molar-refractivity contribution in [2.45, 2.75) is 70.8 Å². The van der Waals surface area contributed by atoms with Gasteiger partial charge >= 0.3 is 0 Å². The number of carbonyl (C=O) groups excluding carboxylic acids is 1. The van der Waals surface area contributed by atoms with Crippen LogP contribution in [0.5, 0.6) is 0 Å². The van der Waals surface area contributed by atoms with Crippen LogP contribution in [0, 0.1) is 5.92 Å². The Morgan fingerprint density at radius 2 is 1.62 bits per heavy atom. The van der Waals surface area contributed by atoms with Crippen molar-refractivity contribution in [1.82, 2.24) is 19.7 Å². The molecule has 4 bridgehead atoms. The van der Waals surface area contributed by atoms with Crippen molar-refractivity contribution >= 4 is 22.6 Å². The summed E-state index contributed by atoms with van der Waals surface area (Å²) in [6.07, 6.45) is 15.9. The zero-order chi connectivity index (χ0) is 21.8. The van der Waals surface area contributed by atoms with Crippen molar-refractivity contribution < 1.29 is 4.79 Å². The van der Waals surface area contributed by atoms with E-state index in [2.05, 4.69) is 34.1 Å². The molecule has 4 aliphatic heterocycles. The number of nitrogens with zero attached hydrogens (tertiary/aromatic N) is 5. The third-order valence-electron chi connectivity index (χ3n) is 7.48. The van der Waals surface area contributed by atoms with Crippen LogP contribution in [0.3, 0.4) is 0 Å². The van der Waals surface area contributed by atoms with Gasteiger partial charge in [0.1, 0.15) is 11.5 Å². The van der Waals surface area contributed by atoms with E-state index in [0.29, 0.717) is 18.0 Å². The fourth-order valence-corrected chi connectivity index (χ4v) is 5.48. The molecule has 4 aliphatic rings. The maximum atomic E-state index is 13.3. The molecule has 2 aromatic rings. The number of rotatable bonds is 1. The molecule has 6 rings (SSSR count). The molecule has 0 unspecified atom stereocenters. The van der Waals surface area contributed by atoms with Crippen LogP contribution in [-0.4, -0.2) is 58.2 Å². The average Bonchev–Trinajstić information content (AvgIpc) is 2.97. The maximum absolute atomic E-state index is 13.3. The average molecular weight is 436 g/mol. The molecule has 0 radical (unpaired) electrons. The van der Waals surface area contributed by atoms with Crippen LogP contribution in [0.25, 0.3) is 11.0 Å². The monoisotopic (exact) mass is 435 g/mol. The minimum Gasteiger partial charge on any atom is -0.357 e. The molecule has 0 aliphatic carbocycles. The van der Waals surface area contributed by atoms with Crippen molar-refractivity contribution in [3.05, 3.63) is 30.0 Å². The number of hydrogen-bond donors (Lipinski definition) is 0. The smallest absolute Gasteiger partial charge is 0.184 e. The summed E-state index contributed by atoms with van der Waals surface area (Å²) in [7, 11) is 0. The highest BCUT2D eigenvalue weighted by Gasteiger charge is 2.25.